The molecule has 4 unspecified atom stereocenters. The topological polar surface area (TPSA) is 110 Å². The summed E-state index contributed by atoms with van der Waals surface area (Å²) in [5, 5.41) is 44.1. The quantitative estimate of drug-likeness (QED) is 0.0308. The van der Waals surface area contributed by atoms with E-state index in [0.717, 1.165) is 44.9 Å². The fourth-order valence-corrected chi connectivity index (χ4v) is 10.0. The summed E-state index contributed by atoms with van der Waals surface area (Å²) in [7, 11) is 0. The molecule has 0 aliphatic carbocycles. The maximum absolute atomic E-state index is 12.6. The van der Waals surface area contributed by atoms with Gasteiger partial charge in [0, 0.05) is 0 Å². The van der Waals surface area contributed by atoms with Gasteiger partial charge < -0.3 is 25.7 Å². The smallest absolute Gasteiger partial charge is 0.249 e. The minimum Gasteiger partial charge on any atom is -0.394 e. The maximum Gasteiger partial charge on any atom is 0.249 e. The molecule has 0 saturated carbocycles. The van der Waals surface area contributed by atoms with Crippen LogP contribution in [0.5, 0.6) is 0 Å². The van der Waals surface area contributed by atoms with Gasteiger partial charge in [-0.3, -0.25) is 4.79 Å². The Bertz CT molecular complexity index is 1050. The van der Waals surface area contributed by atoms with Crippen molar-refractivity contribution in [3.8, 4) is 0 Å². The van der Waals surface area contributed by atoms with Crippen LogP contribution in [-0.4, -0.2) is 57.3 Å². The SMILES string of the molecule is CCCCCCCCCCC/C=C\C/C=C\CCCCCCCCCCCCC(O)C(=O)NC(CO)C(O)C(O)CCCCCCCCCCCCCCCCCCCCCCCCCCCCC. The number of allylic oxidation sites excluding steroid dienone is 4. The van der Waals surface area contributed by atoms with Gasteiger partial charge in [-0.15, -0.1) is 0 Å². The zero-order chi connectivity index (χ0) is 50.2. The summed E-state index contributed by atoms with van der Waals surface area (Å²) in [5.41, 5.74) is 0. The van der Waals surface area contributed by atoms with E-state index in [2.05, 4.69) is 43.5 Å². The number of aliphatic hydroxyl groups is 4. The molecule has 0 aromatic carbocycles. The predicted octanol–water partition coefficient (Wildman–Crippen LogP) is 18.6. The number of hydrogen-bond acceptors (Lipinski definition) is 5. The van der Waals surface area contributed by atoms with E-state index in [-0.39, 0.29) is 0 Å². The minimum atomic E-state index is -1.26. The third-order valence-corrected chi connectivity index (χ3v) is 14.9. The monoisotopic (exact) mass is 974 g/mol. The molecular weight excluding hydrogens is 851 g/mol. The van der Waals surface area contributed by atoms with Gasteiger partial charge in [-0.1, -0.05) is 321 Å². The largest absolute Gasteiger partial charge is 0.394 e. The summed E-state index contributed by atoms with van der Waals surface area (Å²) in [6.07, 6.45) is 71.2. The lowest BCUT2D eigenvalue weighted by Gasteiger charge is -2.27. The lowest BCUT2D eigenvalue weighted by Crippen LogP contribution is -2.53. The van der Waals surface area contributed by atoms with Crippen molar-refractivity contribution in [2.24, 2.45) is 0 Å². The molecule has 69 heavy (non-hydrogen) atoms. The molecule has 5 N–H and O–H groups in total. The van der Waals surface area contributed by atoms with Crippen molar-refractivity contribution in [2.45, 2.75) is 366 Å². The molecule has 6 nitrogen and oxygen atoms in total. The molecule has 0 radical (unpaired) electrons. The van der Waals surface area contributed by atoms with E-state index < -0.39 is 36.9 Å². The molecule has 410 valence electrons. The molecule has 0 aliphatic rings. The zero-order valence-corrected chi connectivity index (χ0v) is 46.6. The van der Waals surface area contributed by atoms with E-state index in [1.165, 1.54) is 270 Å². The molecule has 4 atom stereocenters. The molecular formula is C63H123NO5. The van der Waals surface area contributed by atoms with Gasteiger partial charge in [0.05, 0.1) is 18.8 Å². The zero-order valence-electron chi connectivity index (χ0n) is 46.6. The van der Waals surface area contributed by atoms with Crippen molar-refractivity contribution in [1.82, 2.24) is 5.32 Å². The van der Waals surface area contributed by atoms with E-state index in [9.17, 15) is 25.2 Å². The molecule has 1 amide bonds. The Morgan fingerprint density at radius 3 is 0.913 bits per heavy atom. The molecule has 0 aliphatic heterocycles. The molecule has 0 heterocycles. The van der Waals surface area contributed by atoms with Gasteiger partial charge in [-0.25, -0.2) is 0 Å². The second kappa shape index (κ2) is 57.7. The minimum absolute atomic E-state index is 0.367. The Kier molecular flexibility index (Phi) is 56.7. The Morgan fingerprint density at radius 1 is 0.362 bits per heavy atom. The molecule has 0 aromatic heterocycles. The van der Waals surface area contributed by atoms with Gasteiger partial charge in [0.15, 0.2) is 0 Å². The number of unbranched alkanes of at least 4 members (excludes halogenated alkanes) is 45. The molecule has 0 fully saturated rings. The Balaban J connectivity index is 3.59. The third-order valence-electron chi connectivity index (χ3n) is 14.9. The summed E-state index contributed by atoms with van der Waals surface area (Å²) in [6.45, 7) is 4.10. The molecule has 0 saturated heterocycles. The molecule has 6 heteroatoms. The van der Waals surface area contributed by atoms with Gasteiger partial charge in [0.1, 0.15) is 12.2 Å². The number of carbonyl (C=O) groups excluding carboxylic acids is 1. The first-order valence-electron chi connectivity index (χ1n) is 31.2. The van der Waals surface area contributed by atoms with Crippen LogP contribution in [0.1, 0.15) is 341 Å². The standard InChI is InChI=1S/C63H123NO5/c1-3-5-7-9-11-13-15-17-19-21-23-25-27-29-31-33-34-36-38-40-42-44-46-48-50-52-54-56-60(66)62(68)59(58-65)64-63(69)61(67)57-55-53-51-49-47-45-43-41-39-37-35-32-30-28-26-24-22-20-18-16-14-12-10-8-6-4-2/h24,26,30,32,59-62,65-68H,3-23,25,27-29,31,33-58H2,1-2H3,(H,64,69)/b26-24-,32-30-. The normalized spacial score (nSPS) is 13.8. The number of carbonyl (C=O) groups is 1. The van der Waals surface area contributed by atoms with E-state index >= 15 is 0 Å². The van der Waals surface area contributed by atoms with Gasteiger partial charge in [-0.2, -0.15) is 0 Å². The van der Waals surface area contributed by atoms with E-state index in [0.29, 0.717) is 12.8 Å². The number of rotatable bonds is 58. The van der Waals surface area contributed by atoms with Crippen LogP contribution < -0.4 is 5.32 Å². The van der Waals surface area contributed by atoms with Crippen LogP contribution in [0.3, 0.4) is 0 Å². The number of aliphatic hydroxyl groups excluding tert-OH is 4. The van der Waals surface area contributed by atoms with Crippen LogP contribution in [0, 0.1) is 0 Å². The van der Waals surface area contributed by atoms with Crippen LogP contribution in [0.25, 0.3) is 0 Å². The average molecular weight is 975 g/mol. The maximum atomic E-state index is 12.6. The van der Waals surface area contributed by atoms with Crippen LogP contribution in [0.15, 0.2) is 24.3 Å². The van der Waals surface area contributed by atoms with Gasteiger partial charge in [0.25, 0.3) is 0 Å². The second-order valence-electron chi connectivity index (χ2n) is 21.8. The van der Waals surface area contributed by atoms with Crippen molar-refractivity contribution in [1.29, 1.82) is 0 Å². The van der Waals surface area contributed by atoms with E-state index in [1.54, 1.807) is 0 Å². The van der Waals surface area contributed by atoms with Crippen molar-refractivity contribution in [3.63, 3.8) is 0 Å². The van der Waals surface area contributed by atoms with Crippen LogP contribution in [-0.2, 0) is 4.79 Å². The van der Waals surface area contributed by atoms with Gasteiger partial charge in [0.2, 0.25) is 5.91 Å². The summed E-state index contributed by atoms with van der Waals surface area (Å²) in [4.78, 5) is 12.6. The van der Waals surface area contributed by atoms with E-state index in [1.807, 2.05) is 0 Å². The van der Waals surface area contributed by atoms with Crippen molar-refractivity contribution in [3.05, 3.63) is 24.3 Å². The summed E-state index contributed by atoms with van der Waals surface area (Å²) in [5.74, 6) is -0.581. The summed E-state index contributed by atoms with van der Waals surface area (Å²) >= 11 is 0. The van der Waals surface area contributed by atoms with Crippen LogP contribution in [0.4, 0.5) is 0 Å². The lowest BCUT2D eigenvalue weighted by molar-refractivity contribution is -0.132. The highest BCUT2D eigenvalue weighted by atomic mass is 16.3. The number of nitrogens with one attached hydrogen (secondary N) is 1. The highest BCUT2D eigenvalue weighted by Gasteiger charge is 2.28. The first-order chi connectivity index (χ1) is 34.0. The van der Waals surface area contributed by atoms with Crippen molar-refractivity contribution in [2.75, 3.05) is 6.61 Å². The predicted molar refractivity (Wildman–Crippen MR) is 302 cm³/mol. The third kappa shape index (κ3) is 51.5. The van der Waals surface area contributed by atoms with Gasteiger partial charge >= 0.3 is 0 Å². The van der Waals surface area contributed by atoms with E-state index in [4.69, 9.17) is 0 Å². The summed E-state index contributed by atoms with van der Waals surface area (Å²) in [6, 6.07) is -0.987. The Hall–Kier alpha value is -1.21. The molecule has 0 rings (SSSR count). The number of amides is 1. The summed E-state index contributed by atoms with van der Waals surface area (Å²) < 4.78 is 0. The number of hydrogen-bond donors (Lipinski definition) is 5. The Morgan fingerprint density at radius 2 is 0.623 bits per heavy atom. The molecule has 0 spiro atoms. The second-order valence-corrected chi connectivity index (χ2v) is 21.8. The highest BCUT2D eigenvalue weighted by Crippen LogP contribution is 2.19. The lowest BCUT2D eigenvalue weighted by atomic mass is 9.99. The van der Waals surface area contributed by atoms with Crippen LogP contribution in [0.2, 0.25) is 0 Å². The fraction of sp³-hybridized carbons (Fsp3) is 0.921. The molecule has 0 aromatic rings. The Labute approximate surface area is 431 Å². The molecule has 0 bridgehead atoms. The van der Waals surface area contributed by atoms with Crippen molar-refractivity contribution >= 4 is 5.91 Å². The first-order valence-corrected chi connectivity index (χ1v) is 31.2. The fourth-order valence-electron chi connectivity index (χ4n) is 10.0. The highest BCUT2D eigenvalue weighted by molar-refractivity contribution is 5.80. The average Bonchev–Trinajstić information content (AvgIpc) is 3.35. The van der Waals surface area contributed by atoms with Crippen molar-refractivity contribution < 1.29 is 25.2 Å². The van der Waals surface area contributed by atoms with Crippen LogP contribution >= 0.6 is 0 Å². The first kappa shape index (κ1) is 67.8. The van der Waals surface area contributed by atoms with Gasteiger partial charge in [-0.05, 0) is 44.9 Å².